The third-order valence-electron chi connectivity index (χ3n) is 4.55. The van der Waals surface area contributed by atoms with E-state index in [1.807, 2.05) is 11.3 Å². The molecule has 1 aromatic heterocycles. The first kappa shape index (κ1) is 11.6. The molecule has 98 valence electrons. The van der Waals surface area contributed by atoms with Crippen molar-refractivity contribution in [3.05, 3.63) is 35.3 Å². The zero-order valence-electron chi connectivity index (χ0n) is 11.2. The first-order chi connectivity index (χ1) is 9.31. The molecule has 1 saturated heterocycles. The Hall–Kier alpha value is -1.19. The van der Waals surface area contributed by atoms with Crippen molar-refractivity contribution in [2.24, 2.45) is 0 Å². The fourth-order valence-electron chi connectivity index (χ4n) is 3.41. The van der Waals surface area contributed by atoms with Gasteiger partial charge in [0, 0.05) is 12.1 Å². The second kappa shape index (κ2) is 4.43. The van der Waals surface area contributed by atoms with Gasteiger partial charge in [-0.3, -0.25) is 4.90 Å². The normalized spacial score (nSPS) is 27.5. The molecule has 1 fully saturated rings. The molecule has 2 aromatic rings. The van der Waals surface area contributed by atoms with Gasteiger partial charge in [0.05, 0.1) is 10.2 Å². The summed E-state index contributed by atoms with van der Waals surface area (Å²) >= 11 is 1.85. The summed E-state index contributed by atoms with van der Waals surface area (Å²) < 4.78 is 1.31. The summed E-state index contributed by atoms with van der Waals surface area (Å²) in [7, 11) is 2.28. The van der Waals surface area contributed by atoms with E-state index in [1.54, 1.807) is 0 Å². The Morgan fingerprint density at radius 1 is 1.26 bits per heavy atom. The van der Waals surface area contributed by atoms with Crippen LogP contribution in [0, 0.1) is 0 Å². The number of aromatic nitrogens is 1. The Morgan fingerprint density at radius 3 is 3.00 bits per heavy atom. The first-order valence-electron chi connectivity index (χ1n) is 7.10. The molecule has 2 aliphatic heterocycles. The van der Waals surface area contributed by atoms with E-state index >= 15 is 0 Å². The maximum Gasteiger partial charge on any atom is 0.120 e. The van der Waals surface area contributed by atoms with Gasteiger partial charge < -0.3 is 0 Å². The van der Waals surface area contributed by atoms with Crippen LogP contribution >= 0.6 is 11.3 Å². The predicted octanol–water partition coefficient (Wildman–Crippen LogP) is 3.94. The molecule has 0 amide bonds. The number of piperidine rings is 1. The molecular weight excluding hydrogens is 252 g/mol. The molecule has 2 nitrogen and oxygen atoms in total. The van der Waals surface area contributed by atoms with Crippen LogP contribution in [0.3, 0.4) is 0 Å². The predicted molar refractivity (Wildman–Crippen MR) is 81.4 cm³/mol. The highest BCUT2D eigenvalue weighted by molar-refractivity contribution is 7.19. The van der Waals surface area contributed by atoms with E-state index in [0.29, 0.717) is 6.04 Å². The van der Waals surface area contributed by atoms with Gasteiger partial charge in [-0.05, 0) is 44.0 Å². The van der Waals surface area contributed by atoms with Gasteiger partial charge in [0.1, 0.15) is 5.01 Å². The number of hydrogen-bond donors (Lipinski definition) is 0. The van der Waals surface area contributed by atoms with E-state index in [1.165, 1.54) is 41.0 Å². The van der Waals surface area contributed by atoms with Crippen LogP contribution in [0.2, 0.25) is 0 Å². The monoisotopic (exact) mass is 270 g/mol. The molecule has 0 N–H and O–H groups in total. The van der Waals surface area contributed by atoms with Gasteiger partial charge in [-0.1, -0.05) is 24.6 Å². The van der Waals surface area contributed by atoms with Crippen LogP contribution < -0.4 is 0 Å². The number of rotatable bonds is 1. The van der Waals surface area contributed by atoms with Crippen molar-refractivity contribution in [2.75, 3.05) is 7.05 Å². The molecule has 2 bridgehead atoms. The second-order valence-corrected chi connectivity index (χ2v) is 6.73. The second-order valence-electron chi connectivity index (χ2n) is 5.70. The van der Waals surface area contributed by atoms with Gasteiger partial charge in [-0.15, -0.1) is 11.3 Å². The molecule has 1 aromatic carbocycles. The van der Waals surface area contributed by atoms with Gasteiger partial charge in [-0.25, -0.2) is 4.98 Å². The summed E-state index contributed by atoms with van der Waals surface area (Å²) in [5, 5.41) is 1.24. The Balaban J connectivity index is 1.76. The van der Waals surface area contributed by atoms with Gasteiger partial charge in [0.2, 0.25) is 0 Å². The number of fused-ring (bicyclic) bond motifs is 3. The lowest BCUT2D eigenvalue weighted by molar-refractivity contribution is 0.137. The lowest BCUT2D eigenvalue weighted by Gasteiger charge is -2.42. The third kappa shape index (κ3) is 1.92. The van der Waals surface area contributed by atoms with Crippen molar-refractivity contribution in [3.8, 4) is 0 Å². The largest absolute Gasteiger partial charge is 0.297 e. The van der Waals surface area contributed by atoms with Crippen LogP contribution in [0.15, 0.2) is 30.3 Å². The first-order valence-corrected chi connectivity index (χ1v) is 7.91. The van der Waals surface area contributed by atoms with Crippen LogP contribution in [0.4, 0.5) is 0 Å². The van der Waals surface area contributed by atoms with Gasteiger partial charge in [0.15, 0.2) is 0 Å². The molecule has 2 unspecified atom stereocenters. The average molecular weight is 270 g/mol. The van der Waals surface area contributed by atoms with Crippen molar-refractivity contribution in [1.82, 2.24) is 9.88 Å². The van der Waals surface area contributed by atoms with Crippen molar-refractivity contribution >= 4 is 27.1 Å². The number of hydrogen-bond acceptors (Lipinski definition) is 3. The topological polar surface area (TPSA) is 16.1 Å². The minimum Gasteiger partial charge on any atom is -0.297 e. The number of para-hydroxylation sites is 1. The van der Waals surface area contributed by atoms with Crippen LogP contribution in [-0.4, -0.2) is 29.0 Å². The zero-order valence-corrected chi connectivity index (χ0v) is 12.0. The molecule has 19 heavy (non-hydrogen) atoms. The quantitative estimate of drug-likeness (QED) is 0.780. The van der Waals surface area contributed by atoms with E-state index in [0.717, 1.165) is 11.6 Å². The Morgan fingerprint density at radius 2 is 2.16 bits per heavy atom. The fraction of sp³-hybridized carbons (Fsp3) is 0.438. The number of likely N-dealkylation sites (N-methyl/N-ethyl adjacent to an activating group) is 1. The summed E-state index contributed by atoms with van der Waals surface area (Å²) in [4.78, 5) is 7.38. The highest BCUT2D eigenvalue weighted by Crippen LogP contribution is 2.38. The third-order valence-corrected chi connectivity index (χ3v) is 5.67. The standard InChI is InChI=1S/C16H18N2S/c1-18-12-5-4-6-13(18)10-11(9-12)16-17-14-7-2-3-8-15(14)19-16/h2-3,7-9,12-13H,4-6,10H2,1H3. The van der Waals surface area contributed by atoms with Crippen LogP contribution in [0.5, 0.6) is 0 Å². The Labute approximate surface area is 117 Å². The molecule has 0 spiro atoms. The summed E-state index contributed by atoms with van der Waals surface area (Å²) in [5.74, 6) is 0. The maximum absolute atomic E-state index is 4.82. The van der Waals surface area contributed by atoms with Crippen molar-refractivity contribution in [1.29, 1.82) is 0 Å². The van der Waals surface area contributed by atoms with Crippen LogP contribution in [0.1, 0.15) is 30.7 Å². The molecule has 2 aliphatic rings. The molecule has 0 aliphatic carbocycles. The van der Waals surface area contributed by atoms with E-state index in [2.05, 4.69) is 42.3 Å². The molecule has 0 saturated carbocycles. The van der Waals surface area contributed by atoms with Crippen molar-refractivity contribution < 1.29 is 0 Å². The highest BCUT2D eigenvalue weighted by Gasteiger charge is 2.32. The lowest BCUT2D eigenvalue weighted by Crippen LogP contribution is -2.45. The Bertz CT molecular complexity index is 610. The van der Waals surface area contributed by atoms with Gasteiger partial charge in [-0.2, -0.15) is 0 Å². The number of nitrogens with zero attached hydrogens (tertiary/aromatic N) is 2. The minimum absolute atomic E-state index is 0.634. The smallest absolute Gasteiger partial charge is 0.120 e. The van der Waals surface area contributed by atoms with Gasteiger partial charge >= 0.3 is 0 Å². The van der Waals surface area contributed by atoms with Gasteiger partial charge in [0.25, 0.3) is 0 Å². The average Bonchev–Trinajstić information content (AvgIpc) is 2.82. The molecule has 3 heterocycles. The lowest BCUT2D eigenvalue weighted by atomic mass is 9.86. The molecule has 2 atom stereocenters. The molecule has 4 rings (SSSR count). The summed E-state index contributed by atoms with van der Waals surface area (Å²) in [5.41, 5.74) is 2.63. The summed E-state index contributed by atoms with van der Waals surface area (Å²) in [6.45, 7) is 0. The van der Waals surface area contributed by atoms with E-state index < -0.39 is 0 Å². The maximum atomic E-state index is 4.82. The Kier molecular flexibility index (Phi) is 2.71. The van der Waals surface area contributed by atoms with E-state index in [4.69, 9.17) is 4.98 Å². The molecule has 3 heteroatoms. The summed E-state index contributed by atoms with van der Waals surface area (Å²) in [6.07, 6.45) is 7.67. The van der Waals surface area contributed by atoms with Crippen LogP contribution in [0.25, 0.3) is 15.8 Å². The zero-order chi connectivity index (χ0) is 12.8. The van der Waals surface area contributed by atoms with Crippen molar-refractivity contribution in [3.63, 3.8) is 0 Å². The van der Waals surface area contributed by atoms with Crippen LogP contribution in [-0.2, 0) is 0 Å². The summed E-state index contributed by atoms with van der Waals surface area (Å²) in [6, 6.07) is 9.82. The molecule has 0 radical (unpaired) electrons. The molecular formula is C16H18N2S. The van der Waals surface area contributed by atoms with E-state index in [-0.39, 0.29) is 0 Å². The number of benzene rings is 1. The fourth-order valence-corrected chi connectivity index (χ4v) is 4.41. The minimum atomic E-state index is 0.634. The van der Waals surface area contributed by atoms with E-state index in [9.17, 15) is 0 Å². The SMILES string of the molecule is CN1C2C=C(c3nc4ccccc4s3)CC1CCC2. The number of thiazole rings is 1. The van der Waals surface area contributed by atoms with Crippen molar-refractivity contribution in [2.45, 2.75) is 37.8 Å². The highest BCUT2D eigenvalue weighted by atomic mass is 32.1.